The summed E-state index contributed by atoms with van der Waals surface area (Å²) in [6, 6.07) is 0. The predicted octanol–water partition coefficient (Wildman–Crippen LogP) is -0.535. The van der Waals surface area contributed by atoms with E-state index in [1.807, 2.05) is 0 Å². The SMILES string of the molecule is C[C@@H]1OC[C@@H](F)[C@H](O)[C@@H]1O. The van der Waals surface area contributed by atoms with Crippen LogP contribution in [0.25, 0.3) is 0 Å². The van der Waals surface area contributed by atoms with Crippen LogP contribution < -0.4 is 0 Å². The molecule has 1 aliphatic rings. The van der Waals surface area contributed by atoms with E-state index in [0.717, 1.165) is 0 Å². The lowest BCUT2D eigenvalue weighted by molar-refractivity contribution is -0.162. The van der Waals surface area contributed by atoms with Crippen molar-refractivity contribution in [2.45, 2.75) is 31.4 Å². The van der Waals surface area contributed by atoms with Crippen LogP contribution in [0, 0.1) is 0 Å². The minimum Gasteiger partial charge on any atom is -0.388 e. The van der Waals surface area contributed by atoms with Crippen molar-refractivity contribution >= 4 is 0 Å². The van der Waals surface area contributed by atoms with Gasteiger partial charge in [0.1, 0.15) is 12.2 Å². The summed E-state index contributed by atoms with van der Waals surface area (Å²) in [7, 11) is 0. The summed E-state index contributed by atoms with van der Waals surface area (Å²) >= 11 is 0. The molecule has 0 amide bonds. The zero-order chi connectivity index (χ0) is 7.72. The Hall–Kier alpha value is -0.190. The molecule has 1 heterocycles. The molecule has 0 bridgehead atoms. The number of rotatable bonds is 0. The van der Waals surface area contributed by atoms with Gasteiger partial charge in [-0.15, -0.1) is 0 Å². The Kier molecular flexibility index (Phi) is 2.23. The first-order valence-corrected chi connectivity index (χ1v) is 3.24. The van der Waals surface area contributed by atoms with Crippen molar-refractivity contribution in [2.24, 2.45) is 0 Å². The maximum Gasteiger partial charge on any atom is 0.152 e. The van der Waals surface area contributed by atoms with Gasteiger partial charge in [0.2, 0.25) is 0 Å². The van der Waals surface area contributed by atoms with Crippen LogP contribution in [-0.4, -0.2) is 41.3 Å². The topological polar surface area (TPSA) is 49.7 Å². The molecule has 2 N–H and O–H groups in total. The first-order valence-electron chi connectivity index (χ1n) is 3.24. The summed E-state index contributed by atoms with van der Waals surface area (Å²) in [6.45, 7) is 1.47. The highest BCUT2D eigenvalue weighted by Crippen LogP contribution is 2.16. The normalized spacial score (nSPS) is 49.2. The number of alkyl halides is 1. The van der Waals surface area contributed by atoms with Gasteiger partial charge >= 0.3 is 0 Å². The summed E-state index contributed by atoms with van der Waals surface area (Å²) in [6.07, 6.45) is -4.30. The predicted molar refractivity (Wildman–Crippen MR) is 32.3 cm³/mol. The average molecular weight is 150 g/mol. The fourth-order valence-corrected chi connectivity index (χ4v) is 0.933. The third kappa shape index (κ3) is 1.28. The van der Waals surface area contributed by atoms with E-state index >= 15 is 0 Å². The number of aliphatic hydroxyl groups is 2. The van der Waals surface area contributed by atoms with Crippen molar-refractivity contribution in [3.63, 3.8) is 0 Å². The minimum atomic E-state index is -1.45. The van der Waals surface area contributed by atoms with E-state index in [0.29, 0.717) is 0 Å². The molecule has 0 aromatic rings. The Bertz CT molecular complexity index is 106. The molecule has 0 radical (unpaired) electrons. The van der Waals surface area contributed by atoms with Gasteiger partial charge in [0.25, 0.3) is 0 Å². The van der Waals surface area contributed by atoms with Gasteiger partial charge in [0.15, 0.2) is 6.17 Å². The molecule has 0 unspecified atom stereocenters. The average Bonchev–Trinajstić information content (AvgIpc) is 1.93. The van der Waals surface area contributed by atoms with Gasteiger partial charge in [-0.2, -0.15) is 0 Å². The summed E-state index contributed by atoms with van der Waals surface area (Å²) in [5.41, 5.74) is 0. The molecular formula is C6H11FO3. The summed E-state index contributed by atoms with van der Waals surface area (Å²) in [5.74, 6) is 0. The molecule has 0 aliphatic carbocycles. The lowest BCUT2D eigenvalue weighted by Crippen LogP contribution is -2.49. The molecule has 1 rings (SSSR count). The van der Waals surface area contributed by atoms with E-state index in [4.69, 9.17) is 14.9 Å². The van der Waals surface area contributed by atoms with E-state index in [1.54, 1.807) is 6.92 Å². The van der Waals surface area contributed by atoms with Crippen LogP contribution in [0.2, 0.25) is 0 Å². The highest BCUT2D eigenvalue weighted by atomic mass is 19.1. The number of hydrogen-bond acceptors (Lipinski definition) is 3. The van der Waals surface area contributed by atoms with Crippen LogP contribution in [0.4, 0.5) is 4.39 Å². The smallest absolute Gasteiger partial charge is 0.152 e. The van der Waals surface area contributed by atoms with Gasteiger partial charge in [0, 0.05) is 0 Å². The Balaban J connectivity index is 2.52. The molecule has 0 aromatic carbocycles. The van der Waals surface area contributed by atoms with Crippen LogP contribution in [-0.2, 0) is 4.74 Å². The summed E-state index contributed by atoms with van der Waals surface area (Å²) in [5, 5.41) is 17.9. The number of hydrogen-bond donors (Lipinski definition) is 2. The zero-order valence-electron chi connectivity index (χ0n) is 5.70. The fraction of sp³-hybridized carbons (Fsp3) is 1.00. The molecule has 0 spiro atoms. The van der Waals surface area contributed by atoms with E-state index in [9.17, 15) is 4.39 Å². The fourth-order valence-electron chi connectivity index (χ4n) is 0.933. The van der Waals surface area contributed by atoms with Crippen molar-refractivity contribution < 1.29 is 19.3 Å². The van der Waals surface area contributed by atoms with Crippen LogP contribution in [0.5, 0.6) is 0 Å². The molecule has 0 aromatic heterocycles. The molecule has 1 saturated heterocycles. The third-order valence-electron chi connectivity index (χ3n) is 1.72. The molecule has 10 heavy (non-hydrogen) atoms. The van der Waals surface area contributed by atoms with Gasteiger partial charge in [-0.3, -0.25) is 0 Å². The lowest BCUT2D eigenvalue weighted by atomic mass is 10.0. The van der Waals surface area contributed by atoms with Crippen molar-refractivity contribution in [3.05, 3.63) is 0 Å². The monoisotopic (exact) mass is 150 g/mol. The van der Waals surface area contributed by atoms with Gasteiger partial charge in [-0.1, -0.05) is 0 Å². The Morgan fingerprint density at radius 3 is 2.50 bits per heavy atom. The molecule has 4 atom stereocenters. The van der Waals surface area contributed by atoms with E-state index in [2.05, 4.69) is 0 Å². The first kappa shape index (κ1) is 7.91. The highest BCUT2D eigenvalue weighted by Gasteiger charge is 2.35. The maximum atomic E-state index is 12.5. The molecule has 0 saturated carbocycles. The quantitative estimate of drug-likeness (QED) is 0.488. The van der Waals surface area contributed by atoms with Crippen LogP contribution >= 0.6 is 0 Å². The molecule has 4 heteroatoms. The Labute approximate surface area is 58.4 Å². The maximum absolute atomic E-state index is 12.5. The number of ether oxygens (including phenoxy) is 1. The van der Waals surface area contributed by atoms with E-state index < -0.39 is 24.5 Å². The second-order valence-electron chi connectivity index (χ2n) is 2.54. The number of halogens is 1. The van der Waals surface area contributed by atoms with Crippen LogP contribution in [0.1, 0.15) is 6.92 Å². The van der Waals surface area contributed by atoms with Gasteiger partial charge in [0.05, 0.1) is 12.7 Å². The molecular weight excluding hydrogens is 139 g/mol. The molecule has 60 valence electrons. The lowest BCUT2D eigenvalue weighted by Gasteiger charge is -2.31. The molecule has 1 aliphatic heterocycles. The third-order valence-corrected chi connectivity index (χ3v) is 1.72. The molecule has 1 fully saturated rings. The number of aliphatic hydroxyl groups excluding tert-OH is 2. The summed E-state index contributed by atoms with van der Waals surface area (Å²) in [4.78, 5) is 0. The zero-order valence-corrected chi connectivity index (χ0v) is 5.70. The largest absolute Gasteiger partial charge is 0.388 e. The van der Waals surface area contributed by atoms with Crippen molar-refractivity contribution in [2.75, 3.05) is 6.61 Å². The van der Waals surface area contributed by atoms with Crippen molar-refractivity contribution in [3.8, 4) is 0 Å². The van der Waals surface area contributed by atoms with Crippen molar-refractivity contribution in [1.29, 1.82) is 0 Å². The van der Waals surface area contributed by atoms with Gasteiger partial charge < -0.3 is 14.9 Å². The minimum absolute atomic E-state index is 0.126. The second kappa shape index (κ2) is 2.82. The van der Waals surface area contributed by atoms with Crippen LogP contribution in [0.3, 0.4) is 0 Å². The standard InChI is InChI=1S/C6H11FO3/c1-3-5(8)6(9)4(7)2-10-3/h3-6,8-9H,2H2,1H3/t3-,4+,5+,6-/m0/s1. The highest BCUT2D eigenvalue weighted by molar-refractivity contribution is 4.84. The Morgan fingerprint density at radius 1 is 1.40 bits per heavy atom. The van der Waals surface area contributed by atoms with Crippen LogP contribution in [0.15, 0.2) is 0 Å². The second-order valence-corrected chi connectivity index (χ2v) is 2.54. The van der Waals surface area contributed by atoms with Crippen molar-refractivity contribution in [1.82, 2.24) is 0 Å². The first-order chi connectivity index (χ1) is 4.63. The Morgan fingerprint density at radius 2 is 2.00 bits per heavy atom. The summed E-state index contributed by atoms with van der Waals surface area (Å²) < 4.78 is 17.3. The van der Waals surface area contributed by atoms with E-state index in [1.165, 1.54) is 0 Å². The molecule has 3 nitrogen and oxygen atoms in total. The van der Waals surface area contributed by atoms with Gasteiger partial charge in [-0.25, -0.2) is 4.39 Å². The van der Waals surface area contributed by atoms with Gasteiger partial charge in [-0.05, 0) is 6.92 Å². The van der Waals surface area contributed by atoms with E-state index in [-0.39, 0.29) is 6.61 Å².